The molecular formula is C17H23NO12. The van der Waals surface area contributed by atoms with E-state index in [2.05, 4.69) is 0 Å². The monoisotopic (exact) mass is 433 g/mol. The molecule has 6 N–H and O–H groups in total. The van der Waals surface area contributed by atoms with Crippen LogP contribution in [0.25, 0.3) is 0 Å². The number of non-ortho nitro benzene ring substituents is 1. The van der Waals surface area contributed by atoms with Gasteiger partial charge in [-0.1, -0.05) is 0 Å². The first-order chi connectivity index (χ1) is 14.2. The molecule has 0 bridgehead atoms. The fourth-order valence-corrected chi connectivity index (χ4v) is 3.16. The van der Waals surface area contributed by atoms with Gasteiger partial charge in [0.05, 0.1) is 18.1 Å². The molecule has 2 heterocycles. The zero-order valence-corrected chi connectivity index (χ0v) is 15.5. The van der Waals surface area contributed by atoms with Gasteiger partial charge in [0, 0.05) is 12.1 Å². The van der Waals surface area contributed by atoms with E-state index in [1.807, 2.05) is 0 Å². The third kappa shape index (κ3) is 4.69. The molecule has 13 nitrogen and oxygen atoms in total. The number of hydrogen-bond donors (Lipinski definition) is 6. The maximum absolute atomic E-state index is 10.7. The van der Waals surface area contributed by atoms with Crippen molar-refractivity contribution >= 4 is 5.69 Å². The Morgan fingerprint density at radius 1 is 1.00 bits per heavy atom. The molecule has 2 saturated heterocycles. The average Bonchev–Trinajstić information content (AvgIpc) is 2.73. The minimum absolute atomic E-state index is 0.146. The summed E-state index contributed by atoms with van der Waals surface area (Å²) in [5, 5.41) is 70.3. The van der Waals surface area contributed by atoms with Crippen LogP contribution in [-0.2, 0) is 14.2 Å². The maximum Gasteiger partial charge on any atom is 0.269 e. The number of aliphatic hydroxyl groups excluding tert-OH is 6. The third-order valence-electron chi connectivity index (χ3n) is 4.87. The average molecular weight is 433 g/mol. The smallest absolute Gasteiger partial charge is 0.269 e. The summed E-state index contributed by atoms with van der Waals surface area (Å²) in [7, 11) is 0. The van der Waals surface area contributed by atoms with Gasteiger partial charge in [0.25, 0.3) is 5.69 Å². The largest absolute Gasteiger partial charge is 0.462 e. The van der Waals surface area contributed by atoms with Gasteiger partial charge in [-0.3, -0.25) is 10.1 Å². The standard InChI is InChI=1S/C17H23NO12/c19-5-10-11(21)12(22)13(23)17(29-10)30-15-9(20)6-27-16(14(15)24)28-8-3-1-7(2-4-8)18(25)26/h1-4,9-17,19-24H,5-6H2/t9-,10-,11-,12+,13-,14-,15+,16+,17+/m1/s1. The highest BCUT2D eigenvalue weighted by atomic mass is 16.7. The highest BCUT2D eigenvalue weighted by Gasteiger charge is 2.48. The SMILES string of the molecule is O=[N+]([O-])c1ccc(O[C@@H]2OC[C@@H](O)[C@H](O[C@@H]3O[C@H](CO)[C@@H](O)[C@H](O)[C@H]3O)[C@H]2O)cc1. The fraction of sp³-hybridized carbons (Fsp3) is 0.647. The summed E-state index contributed by atoms with van der Waals surface area (Å²) in [6, 6.07) is 4.99. The Labute approximate surface area is 169 Å². The van der Waals surface area contributed by atoms with Gasteiger partial charge < -0.3 is 49.6 Å². The topological polar surface area (TPSA) is 201 Å². The van der Waals surface area contributed by atoms with Crippen LogP contribution in [0.1, 0.15) is 0 Å². The van der Waals surface area contributed by atoms with Crippen LogP contribution >= 0.6 is 0 Å². The lowest BCUT2D eigenvalue weighted by Gasteiger charge is -2.44. The number of nitrogens with zero attached hydrogens (tertiary/aromatic N) is 1. The molecule has 30 heavy (non-hydrogen) atoms. The summed E-state index contributed by atoms with van der Waals surface area (Å²) in [5.74, 6) is 0.146. The van der Waals surface area contributed by atoms with Gasteiger partial charge in [-0.2, -0.15) is 0 Å². The van der Waals surface area contributed by atoms with E-state index in [1.165, 1.54) is 24.3 Å². The van der Waals surface area contributed by atoms with Crippen molar-refractivity contribution in [3.8, 4) is 5.75 Å². The fourth-order valence-electron chi connectivity index (χ4n) is 3.16. The van der Waals surface area contributed by atoms with Gasteiger partial charge in [-0.25, -0.2) is 0 Å². The minimum atomic E-state index is -1.72. The molecule has 0 aromatic heterocycles. The number of benzene rings is 1. The molecule has 9 atom stereocenters. The maximum atomic E-state index is 10.7. The number of nitro groups is 1. The van der Waals surface area contributed by atoms with E-state index in [0.29, 0.717) is 0 Å². The van der Waals surface area contributed by atoms with Crippen molar-refractivity contribution in [1.29, 1.82) is 0 Å². The predicted octanol–water partition coefficient (Wildman–Crippen LogP) is -2.76. The summed E-state index contributed by atoms with van der Waals surface area (Å²) in [6.45, 7) is -0.994. The minimum Gasteiger partial charge on any atom is -0.462 e. The summed E-state index contributed by atoms with van der Waals surface area (Å²) in [5.41, 5.74) is -0.160. The molecule has 168 valence electrons. The van der Waals surface area contributed by atoms with E-state index in [1.54, 1.807) is 0 Å². The second-order valence-corrected chi connectivity index (χ2v) is 6.93. The molecule has 1 aromatic carbocycles. The van der Waals surface area contributed by atoms with Gasteiger partial charge in [0.15, 0.2) is 6.29 Å². The Kier molecular flexibility index (Phi) is 7.18. The second-order valence-electron chi connectivity index (χ2n) is 6.93. The summed E-state index contributed by atoms with van der Waals surface area (Å²) < 4.78 is 21.4. The van der Waals surface area contributed by atoms with Crippen molar-refractivity contribution in [3.63, 3.8) is 0 Å². The van der Waals surface area contributed by atoms with Crippen molar-refractivity contribution in [1.82, 2.24) is 0 Å². The van der Waals surface area contributed by atoms with E-state index in [0.717, 1.165) is 0 Å². The van der Waals surface area contributed by atoms with Crippen molar-refractivity contribution in [2.24, 2.45) is 0 Å². The highest BCUT2D eigenvalue weighted by molar-refractivity contribution is 5.36. The molecule has 0 unspecified atom stereocenters. The summed E-state index contributed by atoms with van der Waals surface area (Å²) in [4.78, 5) is 10.1. The molecule has 0 spiro atoms. The first-order valence-corrected chi connectivity index (χ1v) is 9.07. The van der Waals surface area contributed by atoms with Crippen LogP contribution in [-0.4, -0.2) is 104 Å². The second kappa shape index (κ2) is 9.47. The van der Waals surface area contributed by atoms with Gasteiger partial charge in [-0.05, 0) is 12.1 Å². The van der Waals surface area contributed by atoms with Crippen molar-refractivity contribution < 1.29 is 54.5 Å². The molecule has 2 aliphatic rings. The van der Waals surface area contributed by atoms with Crippen LogP contribution in [0, 0.1) is 10.1 Å². The Bertz CT molecular complexity index is 715. The number of nitro benzene ring substituents is 1. The van der Waals surface area contributed by atoms with Crippen molar-refractivity contribution in [2.45, 2.75) is 55.3 Å². The van der Waals surface area contributed by atoms with Crippen LogP contribution < -0.4 is 4.74 Å². The van der Waals surface area contributed by atoms with Crippen molar-refractivity contribution in [2.75, 3.05) is 13.2 Å². The Morgan fingerprint density at radius 2 is 1.67 bits per heavy atom. The van der Waals surface area contributed by atoms with Gasteiger partial charge in [0.2, 0.25) is 6.29 Å². The Hall–Kier alpha value is -1.94. The molecule has 0 amide bonds. The molecule has 0 aliphatic carbocycles. The summed E-state index contributed by atoms with van der Waals surface area (Å²) >= 11 is 0. The quantitative estimate of drug-likeness (QED) is 0.200. The molecular weight excluding hydrogens is 410 g/mol. The predicted molar refractivity (Wildman–Crippen MR) is 94.1 cm³/mol. The van der Waals surface area contributed by atoms with E-state index in [4.69, 9.17) is 18.9 Å². The lowest BCUT2D eigenvalue weighted by Crippen LogP contribution is -2.63. The molecule has 0 saturated carbocycles. The first kappa shape index (κ1) is 22.7. The number of aliphatic hydroxyl groups is 6. The lowest BCUT2D eigenvalue weighted by atomic mass is 9.98. The van der Waals surface area contributed by atoms with E-state index in [-0.39, 0.29) is 18.0 Å². The van der Waals surface area contributed by atoms with Gasteiger partial charge >= 0.3 is 0 Å². The third-order valence-corrected chi connectivity index (χ3v) is 4.87. The lowest BCUT2D eigenvalue weighted by molar-refractivity contribution is -0.384. The van der Waals surface area contributed by atoms with Crippen LogP contribution in [0.5, 0.6) is 5.75 Å². The van der Waals surface area contributed by atoms with E-state index in [9.17, 15) is 40.8 Å². The highest BCUT2D eigenvalue weighted by Crippen LogP contribution is 2.28. The zero-order chi connectivity index (χ0) is 22.0. The molecule has 3 rings (SSSR count). The van der Waals surface area contributed by atoms with Crippen LogP contribution in [0.15, 0.2) is 24.3 Å². The van der Waals surface area contributed by atoms with Crippen LogP contribution in [0.2, 0.25) is 0 Å². The van der Waals surface area contributed by atoms with Crippen LogP contribution in [0.4, 0.5) is 5.69 Å². The Morgan fingerprint density at radius 3 is 2.27 bits per heavy atom. The van der Waals surface area contributed by atoms with E-state index < -0.39 is 66.8 Å². The molecule has 0 radical (unpaired) electrons. The Balaban J connectivity index is 1.68. The van der Waals surface area contributed by atoms with Crippen molar-refractivity contribution in [3.05, 3.63) is 34.4 Å². The zero-order valence-electron chi connectivity index (χ0n) is 15.5. The van der Waals surface area contributed by atoms with Gasteiger partial charge in [0.1, 0.15) is 48.5 Å². The van der Waals surface area contributed by atoms with Gasteiger partial charge in [-0.15, -0.1) is 0 Å². The molecule has 1 aromatic rings. The summed E-state index contributed by atoms with van der Waals surface area (Å²) in [6.07, 6.45) is -13.5. The number of ether oxygens (including phenoxy) is 4. The first-order valence-electron chi connectivity index (χ1n) is 9.07. The van der Waals surface area contributed by atoms with E-state index >= 15 is 0 Å². The molecule has 2 aliphatic heterocycles. The molecule has 2 fully saturated rings. The normalized spacial score (nSPS) is 39.5. The van der Waals surface area contributed by atoms with Crippen LogP contribution in [0.3, 0.4) is 0 Å². The molecule has 13 heteroatoms. The number of hydrogen-bond acceptors (Lipinski definition) is 12. The number of rotatable bonds is 6.